The molecule has 37 heavy (non-hydrogen) atoms. The Hall–Kier alpha value is -1.75. The molecule has 0 aromatic heterocycles. The number of rotatable bonds is 21. The average molecular weight is 530 g/mol. The number of amides is 1. The first-order valence-electron chi connectivity index (χ1n) is 14.9. The van der Waals surface area contributed by atoms with Crippen LogP contribution in [0.5, 0.6) is 0 Å². The molecule has 1 amide bonds. The van der Waals surface area contributed by atoms with Crippen molar-refractivity contribution < 1.29 is 14.7 Å². The van der Waals surface area contributed by atoms with Gasteiger partial charge in [0.25, 0.3) is 0 Å². The fourth-order valence-electron chi connectivity index (χ4n) is 5.14. The maximum absolute atomic E-state index is 12.8. The summed E-state index contributed by atoms with van der Waals surface area (Å²) in [5, 5.41) is 9.65. The van der Waals surface area contributed by atoms with E-state index in [0.29, 0.717) is 13.0 Å². The predicted molar refractivity (Wildman–Crippen MR) is 159 cm³/mol. The van der Waals surface area contributed by atoms with Crippen molar-refractivity contribution in [2.45, 2.75) is 123 Å². The van der Waals surface area contributed by atoms with Crippen molar-refractivity contribution in [3.05, 3.63) is 41.5 Å². The van der Waals surface area contributed by atoms with Crippen LogP contribution in [-0.2, 0) is 9.59 Å². The first-order chi connectivity index (χ1) is 18.0. The molecule has 4 nitrogen and oxygen atoms in total. The smallest absolute Gasteiger partial charge is 0.330 e. The van der Waals surface area contributed by atoms with Gasteiger partial charge >= 0.3 is 5.97 Å². The zero-order valence-corrected chi connectivity index (χ0v) is 24.3. The Morgan fingerprint density at radius 2 is 1.38 bits per heavy atom. The molecule has 1 aromatic carbocycles. The van der Waals surface area contributed by atoms with E-state index in [1.165, 1.54) is 94.8 Å². The lowest BCUT2D eigenvalue weighted by molar-refractivity contribution is -0.146. The molecule has 1 heterocycles. The number of carbonyl (C=O) groups is 2. The topological polar surface area (TPSA) is 57.6 Å². The fourth-order valence-corrected chi connectivity index (χ4v) is 6.10. The van der Waals surface area contributed by atoms with E-state index in [2.05, 4.69) is 6.92 Å². The van der Waals surface area contributed by atoms with Gasteiger partial charge in [-0.3, -0.25) is 4.79 Å². The Labute approximate surface area is 230 Å². The summed E-state index contributed by atoms with van der Waals surface area (Å²) < 4.78 is 0. The maximum atomic E-state index is 12.8. The van der Waals surface area contributed by atoms with Crippen LogP contribution in [0.2, 0.25) is 0 Å². The highest BCUT2D eigenvalue weighted by atomic mass is 32.2. The van der Waals surface area contributed by atoms with Gasteiger partial charge in [-0.2, -0.15) is 11.8 Å². The summed E-state index contributed by atoms with van der Waals surface area (Å²) in [5.41, 5.74) is 3.07. The molecular weight excluding hydrogens is 478 g/mol. The van der Waals surface area contributed by atoms with Crippen molar-refractivity contribution in [3.63, 3.8) is 0 Å². The van der Waals surface area contributed by atoms with Gasteiger partial charge < -0.3 is 10.0 Å². The standard InChI is InChI=1S/C32H51NO3S/c1-3-4-5-6-7-8-9-10-11-12-13-14-15-18-23-37-24-19-22-31(34)33-26-28(25-30(33)32(35)36)29-21-17-16-20-27(29)2/h16-17,20-21,25,30H,3-15,18-19,22-24,26H2,1-2H3,(H,35,36)/t30-/m0/s1. The number of unbranched alkanes of at least 4 members (excludes halogenated alkanes) is 13. The van der Waals surface area contributed by atoms with Gasteiger partial charge in [-0.25, -0.2) is 4.79 Å². The van der Waals surface area contributed by atoms with Crippen LogP contribution in [0.1, 0.15) is 121 Å². The molecule has 0 saturated carbocycles. The van der Waals surface area contributed by atoms with E-state index < -0.39 is 12.0 Å². The van der Waals surface area contributed by atoms with Crippen LogP contribution in [0.4, 0.5) is 0 Å². The van der Waals surface area contributed by atoms with Gasteiger partial charge in [0.05, 0.1) is 0 Å². The highest BCUT2D eigenvalue weighted by molar-refractivity contribution is 7.99. The molecule has 208 valence electrons. The van der Waals surface area contributed by atoms with Crippen LogP contribution < -0.4 is 0 Å². The third-order valence-corrected chi connectivity index (χ3v) is 8.58. The van der Waals surface area contributed by atoms with Gasteiger partial charge in [0, 0.05) is 13.0 Å². The number of benzene rings is 1. The monoisotopic (exact) mass is 529 g/mol. The number of carbonyl (C=O) groups excluding carboxylic acids is 1. The van der Waals surface area contributed by atoms with Crippen LogP contribution in [0, 0.1) is 6.92 Å². The van der Waals surface area contributed by atoms with E-state index in [0.717, 1.165) is 34.6 Å². The minimum atomic E-state index is -0.955. The predicted octanol–water partition coefficient (Wildman–Crippen LogP) is 8.67. The molecule has 1 N–H and O–H groups in total. The average Bonchev–Trinajstić information content (AvgIpc) is 3.34. The van der Waals surface area contributed by atoms with E-state index in [4.69, 9.17) is 0 Å². The van der Waals surface area contributed by atoms with Gasteiger partial charge in [-0.15, -0.1) is 0 Å². The second-order valence-corrected chi connectivity index (χ2v) is 11.8. The lowest BCUT2D eigenvalue weighted by atomic mass is 10.0. The zero-order chi connectivity index (χ0) is 26.7. The van der Waals surface area contributed by atoms with Crippen LogP contribution in [0.15, 0.2) is 30.3 Å². The number of nitrogens with zero attached hydrogens (tertiary/aromatic N) is 1. The molecule has 2 rings (SSSR count). The highest BCUT2D eigenvalue weighted by Gasteiger charge is 2.34. The van der Waals surface area contributed by atoms with Crippen molar-refractivity contribution in [1.82, 2.24) is 4.90 Å². The molecule has 0 saturated heterocycles. The fraction of sp³-hybridized carbons (Fsp3) is 0.688. The molecule has 0 spiro atoms. The zero-order valence-electron chi connectivity index (χ0n) is 23.5. The molecular formula is C32H51NO3S. The maximum Gasteiger partial charge on any atom is 0.330 e. The van der Waals surface area contributed by atoms with E-state index in [-0.39, 0.29) is 5.91 Å². The first kappa shape index (κ1) is 31.5. The van der Waals surface area contributed by atoms with Crippen LogP contribution in [-0.4, -0.2) is 46.0 Å². The summed E-state index contributed by atoms with van der Waals surface area (Å²) in [5.74, 6) is 1.12. The Bertz CT molecular complexity index is 822. The number of carboxylic acids is 1. The number of hydrogen-bond donors (Lipinski definition) is 1. The summed E-state index contributed by atoms with van der Waals surface area (Å²) in [6.45, 7) is 4.68. The molecule has 1 atom stereocenters. The molecule has 0 aliphatic carbocycles. The summed E-state index contributed by atoms with van der Waals surface area (Å²) in [7, 11) is 0. The molecule has 0 radical (unpaired) electrons. The Balaban J connectivity index is 1.46. The second kappa shape index (κ2) is 19.3. The number of hydrogen-bond acceptors (Lipinski definition) is 3. The van der Waals surface area contributed by atoms with Crippen molar-refractivity contribution >= 4 is 29.2 Å². The Morgan fingerprint density at radius 1 is 0.838 bits per heavy atom. The molecule has 1 aromatic rings. The molecule has 0 unspecified atom stereocenters. The molecule has 1 aliphatic heterocycles. The van der Waals surface area contributed by atoms with E-state index >= 15 is 0 Å². The van der Waals surface area contributed by atoms with Crippen LogP contribution in [0.3, 0.4) is 0 Å². The highest BCUT2D eigenvalue weighted by Crippen LogP contribution is 2.28. The second-order valence-electron chi connectivity index (χ2n) is 10.6. The van der Waals surface area contributed by atoms with Crippen molar-refractivity contribution in [2.24, 2.45) is 0 Å². The number of aliphatic carboxylic acids is 1. The van der Waals surface area contributed by atoms with E-state index in [1.807, 2.05) is 43.0 Å². The van der Waals surface area contributed by atoms with Gasteiger partial charge in [-0.1, -0.05) is 115 Å². The summed E-state index contributed by atoms with van der Waals surface area (Å²) in [4.78, 5) is 26.1. The van der Waals surface area contributed by atoms with E-state index in [9.17, 15) is 14.7 Å². The normalized spacial score (nSPS) is 15.2. The first-order valence-corrected chi connectivity index (χ1v) is 16.1. The molecule has 0 bridgehead atoms. The quantitative estimate of drug-likeness (QED) is 0.162. The summed E-state index contributed by atoms with van der Waals surface area (Å²) in [6.07, 6.45) is 22.3. The van der Waals surface area contributed by atoms with Gasteiger partial charge in [0.15, 0.2) is 0 Å². The lowest BCUT2D eigenvalue weighted by Gasteiger charge is -2.22. The minimum Gasteiger partial charge on any atom is -0.479 e. The van der Waals surface area contributed by atoms with Gasteiger partial charge in [0.2, 0.25) is 5.91 Å². The minimum absolute atomic E-state index is 0.0515. The largest absolute Gasteiger partial charge is 0.479 e. The van der Waals surface area contributed by atoms with Crippen LogP contribution >= 0.6 is 11.8 Å². The van der Waals surface area contributed by atoms with Crippen molar-refractivity contribution in [3.8, 4) is 0 Å². The third kappa shape index (κ3) is 12.6. The summed E-state index contributed by atoms with van der Waals surface area (Å²) in [6, 6.07) is 7.10. The van der Waals surface area contributed by atoms with E-state index in [1.54, 1.807) is 6.08 Å². The van der Waals surface area contributed by atoms with Crippen LogP contribution in [0.25, 0.3) is 5.57 Å². The number of thioether (sulfide) groups is 1. The summed E-state index contributed by atoms with van der Waals surface area (Å²) >= 11 is 1.93. The number of aryl methyl sites for hydroxylation is 1. The third-order valence-electron chi connectivity index (χ3n) is 7.42. The molecule has 0 fully saturated rings. The van der Waals surface area contributed by atoms with Crippen molar-refractivity contribution in [2.75, 3.05) is 18.1 Å². The molecule has 1 aliphatic rings. The molecule has 5 heteroatoms. The SMILES string of the molecule is CCCCCCCCCCCCCCCCSCCCC(=O)N1CC(c2ccccc2C)=C[C@H]1C(=O)O. The Morgan fingerprint density at radius 3 is 1.95 bits per heavy atom. The Kier molecular flexibility index (Phi) is 16.4. The lowest BCUT2D eigenvalue weighted by Crippen LogP contribution is -2.40. The number of carboxylic acid groups (broad SMARTS) is 1. The van der Waals surface area contributed by atoms with Crippen molar-refractivity contribution in [1.29, 1.82) is 0 Å². The van der Waals surface area contributed by atoms with Gasteiger partial charge in [-0.05, 0) is 54.0 Å². The van der Waals surface area contributed by atoms with Gasteiger partial charge in [0.1, 0.15) is 6.04 Å².